The van der Waals surface area contributed by atoms with Crippen LogP contribution in [0.3, 0.4) is 0 Å². The number of rotatable bonds is 3. The molecule has 31 heavy (non-hydrogen) atoms. The van der Waals surface area contributed by atoms with Crippen molar-refractivity contribution in [1.82, 2.24) is 4.98 Å². The lowest BCUT2D eigenvalue weighted by atomic mass is 9.67. The maximum atomic E-state index is 12.1. The lowest BCUT2D eigenvalue weighted by Crippen LogP contribution is -2.30. The van der Waals surface area contributed by atoms with E-state index in [2.05, 4.69) is 69.0 Å². The smallest absolute Gasteiger partial charge is 0.167 e. The van der Waals surface area contributed by atoms with Crippen molar-refractivity contribution >= 4 is 17.1 Å². The number of carbonyl (C=O) groups is 1. The fourth-order valence-corrected chi connectivity index (χ4v) is 4.55. The van der Waals surface area contributed by atoms with Crippen molar-refractivity contribution in [3.05, 3.63) is 81.9 Å². The Morgan fingerprint density at radius 3 is 2.23 bits per heavy atom. The SMILES string of the molecule is Cc1cc2c(cc1C(=NN)c1ccc(C3=C(O)CCC3=O)cn1)C(C)(C)C=CC2(C)C. The van der Waals surface area contributed by atoms with Crippen LogP contribution in [0.5, 0.6) is 0 Å². The number of aromatic nitrogens is 1. The van der Waals surface area contributed by atoms with E-state index in [4.69, 9.17) is 5.84 Å². The number of aliphatic hydroxyl groups is 1. The molecule has 1 aromatic heterocycles. The van der Waals surface area contributed by atoms with Gasteiger partial charge in [0.1, 0.15) is 11.5 Å². The Kier molecular flexibility index (Phi) is 4.88. The van der Waals surface area contributed by atoms with Gasteiger partial charge in [0.05, 0.1) is 11.3 Å². The second-order valence-electron chi connectivity index (χ2n) is 9.64. The zero-order chi connectivity index (χ0) is 22.6. The van der Waals surface area contributed by atoms with E-state index in [0.717, 1.165) is 11.1 Å². The molecule has 5 nitrogen and oxygen atoms in total. The minimum atomic E-state index is -0.100. The van der Waals surface area contributed by atoms with Crippen LogP contribution in [0.1, 0.15) is 74.0 Å². The summed E-state index contributed by atoms with van der Waals surface area (Å²) >= 11 is 0. The highest BCUT2D eigenvalue weighted by atomic mass is 16.3. The van der Waals surface area contributed by atoms with Gasteiger partial charge in [-0.3, -0.25) is 9.78 Å². The van der Waals surface area contributed by atoms with Gasteiger partial charge in [0, 0.05) is 41.0 Å². The molecule has 4 rings (SSSR count). The van der Waals surface area contributed by atoms with Crippen LogP contribution < -0.4 is 5.84 Å². The van der Waals surface area contributed by atoms with E-state index in [1.807, 2.05) is 0 Å². The number of ketones is 1. The number of Topliss-reactive ketones (excluding diaryl/α,β-unsaturated/α-hetero) is 1. The first-order chi connectivity index (χ1) is 14.5. The lowest BCUT2D eigenvalue weighted by Gasteiger charge is -2.37. The zero-order valence-corrected chi connectivity index (χ0v) is 18.8. The number of pyridine rings is 1. The molecule has 0 atom stereocenters. The molecule has 5 heteroatoms. The number of benzene rings is 1. The zero-order valence-electron chi connectivity index (χ0n) is 18.8. The maximum absolute atomic E-state index is 12.1. The van der Waals surface area contributed by atoms with Crippen LogP contribution in [0.4, 0.5) is 0 Å². The summed E-state index contributed by atoms with van der Waals surface area (Å²) in [4.78, 5) is 16.6. The molecule has 2 aliphatic rings. The van der Waals surface area contributed by atoms with Gasteiger partial charge in [0.25, 0.3) is 0 Å². The monoisotopic (exact) mass is 415 g/mol. The number of nitrogens with zero attached hydrogens (tertiary/aromatic N) is 2. The lowest BCUT2D eigenvalue weighted by molar-refractivity contribution is -0.113. The van der Waals surface area contributed by atoms with Gasteiger partial charge in [-0.15, -0.1) is 0 Å². The van der Waals surface area contributed by atoms with Gasteiger partial charge in [-0.2, -0.15) is 5.10 Å². The quantitative estimate of drug-likeness (QED) is 0.324. The summed E-state index contributed by atoms with van der Waals surface area (Å²) in [7, 11) is 0. The highest BCUT2D eigenvalue weighted by molar-refractivity contribution is 6.23. The largest absolute Gasteiger partial charge is 0.512 e. The predicted octanol–water partition coefficient (Wildman–Crippen LogP) is 4.86. The molecule has 0 saturated heterocycles. The molecule has 0 spiro atoms. The summed E-state index contributed by atoms with van der Waals surface area (Å²) in [5.74, 6) is 5.92. The van der Waals surface area contributed by atoms with E-state index in [1.54, 1.807) is 18.3 Å². The number of hydrogen-bond donors (Lipinski definition) is 2. The standard InChI is InChI=1S/C26H29N3O2/c1-15-12-18-19(26(4,5)11-10-25(18,2)3)13-17(15)24(29-27)20-7-6-16(14-28-20)23-21(30)8-9-22(23)31/h6-7,10-14,30H,8-9,27H2,1-5H3. The van der Waals surface area contributed by atoms with Gasteiger partial charge >= 0.3 is 0 Å². The van der Waals surface area contributed by atoms with E-state index >= 15 is 0 Å². The van der Waals surface area contributed by atoms with Crippen LogP contribution in [0, 0.1) is 6.92 Å². The molecule has 0 aliphatic heterocycles. The van der Waals surface area contributed by atoms with Crippen LogP contribution in [-0.4, -0.2) is 21.6 Å². The third kappa shape index (κ3) is 3.48. The number of allylic oxidation sites excluding steroid dienone is 4. The van der Waals surface area contributed by atoms with Crippen LogP contribution >= 0.6 is 0 Å². The van der Waals surface area contributed by atoms with Gasteiger partial charge in [0.2, 0.25) is 0 Å². The number of nitrogens with two attached hydrogens (primary N) is 1. The molecule has 0 unspecified atom stereocenters. The molecule has 160 valence electrons. The Balaban J connectivity index is 1.78. The average molecular weight is 416 g/mol. The Labute approximate surface area is 183 Å². The predicted molar refractivity (Wildman–Crippen MR) is 124 cm³/mol. The number of aryl methyl sites for hydroxylation is 1. The number of hydrazone groups is 1. The van der Waals surface area contributed by atoms with Crippen molar-refractivity contribution < 1.29 is 9.90 Å². The fraction of sp³-hybridized carbons (Fsp3) is 0.346. The van der Waals surface area contributed by atoms with E-state index in [1.165, 1.54) is 11.1 Å². The molecular formula is C26H29N3O2. The Bertz CT molecular complexity index is 1170. The summed E-state index contributed by atoms with van der Waals surface area (Å²) < 4.78 is 0. The second-order valence-corrected chi connectivity index (χ2v) is 9.64. The van der Waals surface area contributed by atoms with E-state index in [-0.39, 0.29) is 22.4 Å². The first-order valence-corrected chi connectivity index (χ1v) is 10.6. The number of carbonyl (C=O) groups excluding carboxylic acids is 1. The molecule has 0 fully saturated rings. The molecule has 2 aliphatic carbocycles. The Hall–Kier alpha value is -3.21. The summed E-state index contributed by atoms with van der Waals surface area (Å²) in [6.07, 6.45) is 6.88. The van der Waals surface area contributed by atoms with Gasteiger partial charge in [-0.25, -0.2) is 0 Å². The molecule has 3 N–H and O–H groups in total. The van der Waals surface area contributed by atoms with Crippen molar-refractivity contribution in [2.45, 2.75) is 58.3 Å². The highest BCUT2D eigenvalue weighted by Crippen LogP contribution is 2.42. The van der Waals surface area contributed by atoms with Crippen molar-refractivity contribution in [1.29, 1.82) is 0 Å². The van der Waals surface area contributed by atoms with Crippen LogP contribution in [0.15, 0.2) is 53.5 Å². The minimum absolute atomic E-state index is 0.0440. The molecule has 0 amide bonds. The van der Waals surface area contributed by atoms with Crippen molar-refractivity contribution in [2.75, 3.05) is 0 Å². The number of aliphatic hydroxyl groups excluding tert-OH is 1. The van der Waals surface area contributed by atoms with E-state index < -0.39 is 0 Å². The van der Waals surface area contributed by atoms with Crippen molar-refractivity contribution in [3.63, 3.8) is 0 Å². The van der Waals surface area contributed by atoms with Crippen LogP contribution in [0.25, 0.3) is 5.57 Å². The number of fused-ring (bicyclic) bond motifs is 1. The minimum Gasteiger partial charge on any atom is -0.512 e. The summed E-state index contributed by atoms with van der Waals surface area (Å²) in [5, 5.41) is 14.1. The van der Waals surface area contributed by atoms with Gasteiger partial charge in [-0.1, -0.05) is 52.0 Å². The molecule has 2 aromatic rings. The maximum Gasteiger partial charge on any atom is 0.167 e. The molecule has 0 bridgehead atoms. The van der Waals surface area contributed by atoms with Gasteiger partial charge in [-0.05, 0) is 35.7 Å². The van der Waals surface area contributed by atoms with E-state index in [0.29, 0.717) is 35.4 Å². The molecule has 0 radical (unpaired) electrons. The normalized spacial score (nSPS) is 19.6. The highest BCUT2D eigenvalue weighted by Gasteiger charge is 2.34. The summed E-state index contributed by atoms with van der Waals surface area (Å²) in [6, 6.07) is 8.02. The first-order valence-electron chi connectivity index (χ1n) is 10.6. The molecule has 1 heterocycles. The first kappa shape index (κ1) is 21.0. The third-order valence-electron chi connectivity index (χ3n) is 6.50. The second kappa shape index (κ2) is 7.19. The third-order valence-corrected chi connectivity index (χ3v) is 6.50. The topological polar surface area (TPSA) is 88.6 Å². The average Bonchev–Trinajstić information content (AvgIpc) is 3.06. The summed E-state index contributed by atoms with van der Waals surface area (Å²) in [5.41, 5.74) is 6.66. The van der Waals surface area contributed by atoms with Crippen molar-refractivity contribution in [2.24, 2.45) is 10.9 Å². The van der Waals surface area contributed by atoms with Crippen LogP contribution in [-0.2, 0) is 15.6 Å². The van der Waals surface area contributed by atoms with Gasteiger partial charge in [0.15, 0.2) is 5.78 Å². The number of hydrogen-bond acceptors (Lipinski definition) is 5. The molecule has 0 saturated carbocycles. The fourth-order valence-electron chi connectivity index (χ4n) is 4.55. The summed E-state index contributed by atoms with van der Waals surface area (Å²) in [6.45, 7) is 10.9. The molecular weight excluding hydrogens is 386 g/mol. The van der Waals surface area contributed by atoms with Crippen molar-refractivity contribution in [3.8, 4) is 0 Å². The van der Waals surface area contributed by atoms with Crippen LogP contribution in [0.2, 0.25) is 0 Å². The van der Waals surface area contributed by atoms with Gasteiger partial charge < -0.3 is 10.9 Å². The Morgan fingerprint density at radius 2 is 1.71 bits per heavy atom. The molecule has 1 aromatic carbocycles. The van der Waals surface area contributed by atoms with E-state index in [9.17, 15) is 9.90 Å². The Morgan fingerprint density at radius 1 is 1.06 bits per heavy atom.